The third-order valence-corrected chi connectivity index (χ3v) is 4.87. The minimum Gasteiger partial charge on any atom is -0.378 e. The molecule has 1 saturated carbocycles. The van der Waals surface area contributed by atoms with Gasteiger partial charge in [-0.05, 0) is 31.7 Å². The number of hydrogen-bond acceptors (Lipinski definition) is 6. The van der Waals surface area contributed by atoms with Crippen molar-refractivity contribution in [1.82, 2.24) is 20.0 Å². The van der Waals surface area contributed by atoms with Crippen LogP contribution in [0, 0.1) is 5.82 Å². The lowest BCUT2D eigenvalue weighted by Crippen LogP contribution is -2.37. The number of piperidine rings is 1. The van der Waals surface area contributed by atoms with Crippen LogP contribution in [0.4, 0.5) is 4.39 Å². The van der Waals surface area contributed by atoms with E-state index in [4.69, 9.17) is 9.26 Å². The summed E-state index contributed by atoms with van der Waals surface area (Å²) in [6.45, 7) is 3.09. The number of halogens is 1. The highest BCUT2D eigenvalue weighted by molar-refractivity contribution is 5.12. The summed E-state index contributed by atoms with van der Waals surface area (Å²) >= 11 is 0. The second-order valence-corrected chi connectivity index (χ2v) is 6.89. The molecule has 134 valence electrons. The summed E-state index contributed by atoms with van der Waals surface area (Å²) in [6.07, 6.45) is 8.13. The molecule has 4 rings (SSSR count). The smallest absolute Gasteiger partial charge is 0.229 e. The fourth-order valence-electron chi connectivity index (χ4n) is 3.19. The molecular formula is C18H23FN4O2. The van der Waals surface area contributed by atoms with Crippen molar-refractivity contribution in [3.05, 3.63) is 41.6 Å². The Morgan fingerprint density at radius 2 is 2.08 bits per heavy atom. The maximum atomic E-state index is 13.7. The van der Waals surface area contributed by atoms with Crippen molar-refractivity contribution in [1.29, 1.82) is 0 Å². The fourth-order valence-corrected chi connectivity index (χ4v) is 3.19. The Labute approximate surface area is 146 Å². The van der Waals surface area contributed by atoms with Gasteiger partial charge in [0.2, 0.25) is 5.89 Å². The molecule has 2 aromatic heterocycles. The molecule has 1 aliphatic heterocycles. The molecule has 0 radical (unpaired) electrons. The van der Waals surface area contributed by atoms with Crippen molar-refractivity contribution in [3.8, 4) is 0 Å². The molecule has 2 aliphatic rings. The number of rotatable bonds is 7. The first-order valence-corrected chi connectivity index (χ1v) is 9.03. The molecule has 0 N–H and O–H groups in total. The molecule has 0 amide bonds. The molecule has 2 aromatic rings. The predicted molar refractivity (Wildman–Crippen MR) is 88.4 cm³/mol. The molecule has 2 fully saturated rings. The zero-order valence-electron chi connectivity index (χ0n) is 14.2. The SMILES string of the molecule is Fc1cnccc1CN1CCC(OCCc2noc(C3CC3)n2)CC1. The maximum Gasteiger partial charge on any atom is 0.229 e. The summed E-state index contributed by atoms with van der Waals surface area (Å²) in [6, 6.07) is 1.75. The molecule has 1 aliphatic carbocycles. The standard InChI is InChI=1S/C18H23FN4O2/c19-16-11-20-7-3-14(16)12-23-8-4-15(5-9-23)24-10-6-17-21-18(25-22-17)13-1-2-13/h3,7,11,13,15H,1-2,4-6,8-10,12H2. The first-order valence-electron chi connectivity index (χ1n) is 9.03. The normalized spacial score (nSPS) is 19.4. The van der Waals surface area contributed by atoms with Gasteiger partial charge in [0.1, 0.15) is 5.82 Å². The number of likely N-dealkylation sites (tertiary alicyclic amines) is 1. The van der Waals surface area contributed by atoms with E-state index in [2.05, 4.69) is 20.0 Å². The van der Waals surface area contributed by atoms with Crippen LogP contribution in [0.3, 0.4) is 0 Å². The highest BCUT2D eigenvalue weighted by atomic mass is 19.1. The Morgan fingerprint density at radius 3 is 2.84 bits per heavy atom. The minimum absolute atomic E-state index is 0.230. The van der Waals surface area contributed by atoms with Crippen LogP contribution in [0.25, 0.3) is 0 Å². The molecule has 1 saturated heterocycles. The van der Waals surface area contributed by atoms with Gasteiger partial charge in [0, 0.05) is 43.7 Å². The highest BCUT2D eigenvalue weighted by Crippen LogP contribution is 2.38. The van der Waals surface area contributed by atoms with E-state index in [1.165, 1.54) is 19.0 Å². The van der Waals surface area contributed by atoms with E-state index in [0.29, 0.717) is 31.1 Å². The van der Waals surface area contributed by atoms with Gasteiger partial charge in [0.15, 0.2) is 5.82 Å². The molecule has 6 nitrogen and oxygen atoms in total. The molecular weight excluding hydrogens is 323 g/mol. The summed E-state index contributed by atoms with van der Waals surface area (Å²) < 4.78 is 24.9. The monoisotopic (exact) mass is 346 g/mol. The van der Waals surface area contributed by atoms with Gasteiger partial charge >= 0.3 is 0 Å². The highest BCUT2D eigenvalue weighted by Gasteiger charge is 2.29. The quantitative estimate of drug-likeness (QED) is 0.768. The molecule has 0 aromatic carbocycles. The number of ether oxygens (including phenoxy) is 1. The number of aromatic nitrogens is 3. The van der Waals surface area contributed by atoms with Crippen molar-refractivity contribution >= 4 is 0 Å². The Balaban J connectivity index is 1.16. The number of pyridine rings is 1. The molecule has 7 heteroatoms. The third kappa shape index (κ3) is 4.41. The third-order valence-electron chi connectivity index (χ3n) is 4.87. The minimum atomic E-state index is -0.230. The zero-order valence-corrected chi connectivity index (χ0v) is 14.2. The lowest BCUT2D eigenvalue weighted by Gasteiger charge is -2.31. The first-order chi connectivity index (χ1) is 12.3. The second-order valence-electron chi connectivity index (χ2n) is 6.89. The van der Waals surface area contributed by atoms with Gasteiger partial charge in [-0.2, -0.15) is 4.98 Å². The molecule has 0 spiro atoms. The maximum absolute atomic E-state index is 13.7. The topological polar surface area (TPSA) is 64.3 Å². The zero-order chi connectivity index (χ0) is 17.1. The van der Waals surface area contributed by atoms with Gasteiger partial charge in [-0.3, -0.25) is 9.88 Å². The van der Waals surface area contributed by atoms with Gasteiger partial charge in [0.25, 0.3) is 0 Å². The van der Waals surface area contributed by atoms with Crippen LogP contribution in [0.1, 0.15) is 48.9 Å². The van der Waals surface area contributed by atoms with Crippen LogP contribution < -0.4 is 0 Å². The van der Waals surface area contributed by atoms with Gasteiger partial charge in [-0.1, -0.05) is 5.16 Å². The van der Waals surface area contributed by atoms with Crippen molar-refractivity contribution in [2.45, 2.75) is 50.7 Å². The average molecular weight is 346 g/mol. The lowest BCUT2D eigenvalue weighted by atomic mass is 10.1. The van der Waals surface area contributed by atoms with E-state index in [1.54, 1.807) is 12.3 Å². The van der Waals surface area contributed by atoms with Gasteiger partial charge in [-0.25, -0.2) is 4.39 Å². The largest absolute Gasteiger partial charge is 0.378 e. The predicted octanol–water partition coefficient (Wildman–Crippen LogP) is 2.70. The molecule has 3 heterocycles. The van der Waals surface area contributed by atoms with Crippen molar-refractivity contribution in [2.75, 3.05) is 19.7 Å². The first kappa shape index (κ1) is 16.6. The Bertz CT molecular complexity index is 696. The van der Waals surface area contributed by atoms with Crippen LogP contribution in [0.15, 0.2) is 23.0 Å². The number of nitrogens with zero attached hydrogens (tertiary/aromatic N) is 4. The lowest BCUT2D eigenvalue weighted by molar-refractivity contribution is 0.00658. The summed E-state index contributed by atoms with van der Waals surface area (Å²) in [7, 11) is 0. The van der Waals surface area contributed by atoms with Crippen LogP contribution in [0.5, 0.6) is 0 Å². The van der Waals surface area contributed by atoms with E-state index in [-0.39, 0.29) is 11.9 Å². The molecule has 0 atom stereocenters. The molecule has 0 unspecified atom stereocenters. The van der Waals surface area contributed by atoms with Crippen LogP contribution in [0.2, 0.25) is 0 Å². The Hall–Kier alpha value is -1.86. The summed E-state index contributed by atoms with van der Waals surface area (Å²) in [5, 5.41) is 4.01. The van der Waals surface area contributed by atoms with E-state index in [1.807, 2.05) is 0 Å². The van der Waals surface area contributed by atoms with Crippen LogP contribution >= 0.6 is 0 Å². The second kappa shape index (κ2) is 7.58. The Morgan fingerprint density at radius 1 is 1.24 bits per heavy atom. The van der Waals surface area contributed by atoms with E-state index in [0.717, 1.165) is 37.6 Å². The van der Waals surface area contributed by atoms with Crippen molar-refractivity contribution in [2.24, 2.45) is 0 Å². The van der Waals surface area contributed by atoms with E-state index >= 15 is 0 Å². The van der Waals surface area contributed by atoms with Gasteiger partial charge in [-0.15, -0.1) is 0 Å². The van der Waals surface area contributed by atoms with Crippen LogP contribution in [-0.4, -0.2) is 45.8 Å². The molecule has 0 bridgehead atoms. The Kier molecular flexibility index (Phi) is 5.03. The summed E-state index contributed by atoms with van der Waals surface area (Å²) in [5.74, 6) is 1.79. The van der Waals surface area contributed by atoms with E-state index < -0.39 is 0 Å². The van der Waals surface area contributed by atoms with Crippen molar-refractivity contribution < 1.29 is 13.7 Å². The fraction of sp³-hybridized carbons (Fsp3) is 0.611. The van der Waals surface area contributed by atoms with Crippen molar-refractivity contribution in [3.63, 3.8) is 0 Å². The van der Waals surface area contributed by atoms with Crippen LogP contribution in [-0.2, 0) is 17.7 Å². The van der Waals surface area contributed by atoms with E-state index in [9.17, 15) is 4.39 Å². The van der Waals surface area contributed by atoms with Gasteiger partial charge < -0.3 is 9.26 Å². The van der Waals surface area contributed by atoms with Gasteiger partial charge in [0.05, 0.1) is 18.9 Å². The number of hydrogen-bond donors (Lipinski definition) is 0. The summed E-state index contributed by atoms with van der Waals surface area (Å²) in [5.41, 5.74) is 0.706. The molecule has 25 heavy (non-hydrogen) atoms. The average Bonchev–Trinajstić information content (AvgIpc) is 3.38. The summed E-state index contributed by atoms with van der Waals surface area (Å²) in [4.78, 5) is 10.5.